The molecule has 2 aromatic carbocycles. The lowest BCUT2D eigenvalue weighted by atomic mass is 10.1. The molecule has 1 aliphatic heterocycles. The van der Waals surface area contributed by atoms with E-state index in [2.05, 4.69) is 20.5 Å². The van der Waals surface area contributed by atoms with E-state index in [1.165, 1.54) is 30.3 Å². The SMILES string of the molecule is O=C(NC[C@H](c1cccnc1)N1CCN(c2ccccc2F)CC1)C(=O)Nc1cccc([N+](=O)[O-])c1. The van der Waals surface area contributed by atoms with E-state index in [9.17, 15) is 24.1 Å². The second kappa shape index (κ2) is 11.4. The van der Waals surface area contributed by atoms with Crippen molar-refractivity contribution in [1.29, 1.82) is 0 Å². The van der Waals surface area contributed by atoms with E-state index < -0.39 is 16.7 Å². The first-order valence-electron chi connectivity index (χ1n) is 11.4. The van der Waals surface area contributed by atoms with Gasteiger partial charge >= 0.3 is 11.8 Å². The number of pyridine rings is 1. The number of non-ortho nitro benzene ring substituents is 1. The summed E-state index contributed by atoms with van der Waals surface area (Å²) in [6.45, 7) is 2.57. The highest BCUT2D eigenvalue weighted by atomic mass is 19.1. The fourth-order valence-electron chi connectivity index (χ4n) is 4.17. The topological polar surface area (TPSA) is 121 Å². The van der Waals surface area contributed by atoms with Crippen LogP contribution in [0.25, 0.3) is 0 Å². The minimum atomic E-state index is -0.926. The van der Waals surface area contributed by atoms with Gasteiger partial charge in [0.25, 0.3) is 5.69 Å². The van der Waals surface area contributed by atoms with Gasteiger partial charge in [-0.2, -0.15) is 0 Å². The summed E-state index contributed by atoms with van der Waals surface area (Å²) in [5.41, 5.74) is 1.38. The maximum absolute atomic E-state index is 14.2. The van der Waals surface area contributed by atoms with Crippen molar-refractivity contribution in [2.24, 2.45) is 0 Å². The van der Waals surface area contributed by atoms with Gasteiger partial charge in [-0.1, -0.05) is 24.3 Å². The van der Waals surface area contributed by atoms with E-state index in [4.69, 9.17) is 0 Å². The molecular formula is C25H25FN6O4. The summed E-state index contributed by atoms with van der Waals surface area (Å²) in [5, 5.41) is 16.0. The molecule has 11 heteroatoms. The first-order chi connectivity index (χ1) is 17.4. The standard InChI is InChI=1S/C25H25FN6O4/c26-21-8-1-2-9-22(21)30-11-13-31(14-12-30)23(18-5-4-10-27-16-18)17-28-24(33)25(34)29-19-6-3-7-20(15-19)32(35)36/h1-10,15-16,23H,11-14,17H2,(H,28,33)(H,29,34)/t23-/m1/s1. The molecular weight excluding hydrogens is 467 g/mol. The summed E-state index contributed by atoms with van der Waals surface area (Å²) in [5.74, 6) is -2.05. The molecule has 1 aromatic heterocycles. The fraction of sp³-hybridized carbons (Fsp3) is 0.240. The summed E-state index contributed by atoms with van der Waals surface area (Å²) in [6.07, 6.45) is 3.37. The monoisotopic (exact) mass is 492 g/mol. The maximum atomic E-state index is 14.2. The lowest BCUT2D eigenvalue weighted by molar-refractivity contribution is -0.384. The number of nitrogens with one attached hydrogen (secondary N) is 2. The molecule has 0 aliphatic carbocycles. The number of aromatic nitrogens is 1. The molecule has 1 aliphatic rings. The fourth-order valence-corrected chi connectivity index (χ4v) is 4.17. The molecule has 1 fully saturated rings. The second-order valence-electron chi connectivity index (χ2n) is 8.25. The molecule has 0 bridgehead atoms. The number of hydrogen-bond acceptors (Lipinski definition) is 7. The van der Waals surface area contributed by atoms with Crippen LogP contribution in [0.5, 0.6) is 0 Å². The highest BCUT2D eigenvalue weighted by molar-refractivity contribution is 6.39. The van der Waals surface area contributed by atoms with Gasteiger partial charge in [-0.25, -0.2) is 4.39 Å². The zero-order chi connectivity index (χ0) is 25.5. The quantitative estimate of drug-likeness (QED) is 0.296. The van der Waals surface area contributed by atoms with E-state index in [1.807, 2.05) is 11.0 Å². The molecule has 3 aromatic rings. The first-order valence-corrected chi connectivity index (χ1v) is 11.4. The zero-order valence-corrected chi connectivity index (χ0v) is 19.3. The molecule has 0 spiro atoms. The van der Waals surface area contributed by atoms with Gasteiger partial charge in [-0.05, 0) is 29.8 Å². The number of nitro groups is 1. The maximum Gasteiger partial charge on any atom is 0.313 e. The zero-order valence-electron chi connectivity index (χ0n) is 19.3. The Hall–Kier alpha value is -4.38. The second-order valence-corrected chi connectivity index (χ2v) is 8.25. The average molecular weight is 493 g/mol. The van der Waals surface area contributed by atoms with Crippen LogP contribution < -0.4 is 15.5 Å². The Morgan fingerprint density at radius 2 is 1.81 bits per heavy atom. The molecule has 0 radical (unpaired) electrons. The minimum Gasteiger partial charge on any atom is -0.367 e. The van der Waals surface area contributed by atoms with Crippen LogP contribution in [0.4, 0.5) is 21.5 Å². The van der Waals surface area contributed by atoms with Crippen LogP contribution in [0.2, 0.25) is 0 Å². The van der Waals surface area contributed by atoms with Crippen molar-refractivity contribution in [1.82, 2.24) is 15.2 Å². The summed E-state index contributed by atoms with van der Waals surface area (Å²) in [4.78, 5) is 43.6. The lowest BCUT2D eigenvalue weighted by Gasteiger charge is -2.40. The van der Waals surface area contributed by atoms with Gasteiger partial charge in [0.2, 0.25) is 0 Å². The summed E-state index contributed by atoms with van der Waals surface area (Å²) >= 11 is 0. The third-order valence-corrected chi connectivity index (χ3v) is 5.99. The number of halogens is 1. The molecule has 4 rings (SSSR count). The number of nitrogens with zero attached hydrogens (tertiary/aromatic N) is 4. The largest absolute Gasteiger partial charge is 0.367 e. The van der Waals surface area contributed by atoms with Gasteiger partial charge in [-0.15, -0.1) is 0 Å². The minimum absolute atomic E-state index is 0.145. The van der Waals surface area contributed by atoms with Crippen molar-refractivity contribution >= 4 is 28.9 Å². The van der Waals surface area contributed by atoms with Crippen molar-refractivity contribution in [3.63, 3.8) is 0 Å². The number of nitro benzene ring substituents is 1. The van der Waals surface area contributed by atoms with Crippen LogP contribution in [-0.4, -0.2) is 59.3 Å². The number of piperazine rings is 1. The van der Waals surface area contributed by atoms with Crippen LogP contribution in [0.15, 0.2) is 73.1 Å². The Bertz CT molecular complexity index is 1230. The Balaban J connectivity index is 1.39. The highest BCUT2D eigenvalue weighted by Gasteiger charge is 2.27. The van der Waals surface area contributed by atoms with Crippen LogP contribution in [0, 0.1) is 15.9 Å². The van der Waals surface area contributed by atoms with E-state index >= 15 is 0 Å². The number of benzene rings is 2. The normalized spacial score (nSPS) is 14.6. The van der Waals surface area contributed by atoms with Gasteiger partial charge in [0.05, 0.1) is 16.7 Å². The third-order valence-electron chi connectivity index (χ3n) is 5.99. The van der Waals surface area contributed by atoms with Crippen molar-refractivity contribution in [3.8, 4) is 0 Å². The molecule has 186 valence electrons. The molecule has 1 saturated heterocycles. The van der Waals surface area contributed by atoms with Gasteiger partial charge in [-0.3, -0.25) is 29.6 Å². The average Bonchev–Trinajstić information content (AvgIpc) is 2.90. The smallest absolute Gasteiger partial charge is 0.313 e. The van der Waals surface area contributed by atoms with Crippen LogP contribution in [-0.2, 0) is 9.59 Å². The number of para-hydroxylation sites is 1. The Morgan fingerprint density at radius 3 is 2.50 bits per heavy atom. The van der Waals surface area contributed by atoms with Crippen molar-refractivity contribution in [2.75, 3.05) is 42.9 Å². The van der Waals surface area contributed by atoms with Gasteiger partial charge in [0, 0.05) is 62.9 Å². The number of rotatable bonds is 7. The summed E-state index contributed by atoms with van der Waals surface area (Å²) < 4.78 is 14.2. The highest BCUT2D eigenvalue weighted by Crippen LogP contribution is 2.25. The number of amides is 2. The Morgan fingerprint density at radius 1 is 1.03 bits per heavy atom. The van der Waals surface area contributed by atoms with E-state index in [0.717, 1.165) is 5.56 Å². The van der Waals surface area contributed by atoms with Crippen molar-refractivity contribution < 1.29 is 18.9 Å². The lowest BCUT2D eigenvalue weighted by Crippen LogP contribution is -2.50. The molecule has 2 amide bonds. The first kappa shape index (κ1) is 24.7. The Labute approximate surface area is 206 Å². The van der Waals surface area contributed by atoms with Crippen LogP contribution in [0.3, 0.4) is 0 Å². The predicted octanol–water partition coefficient (Wildman–Crippen LogP) is 2.75. The molecule has 36 heavy (non-hydrogen) atoms. The molecule has 0 unspecified atom stereocenters. The molecule has 2 N–H and O–H groups in total. The summed E-state index contributed by atoms with van der Waals surface area (Å²) in [6, 6.07) is 15.5. The van der Waals surface area contributed by atoms with Gasteiger partial charge in [0.1, 0.15) is 5.82 Å². The number of anilines is 2. The number of carbonyl (C=O) groups excluding carboxylic acids is 2. The number of carbonyl (C=O) groups is 2. The van der Waals surface area contributed by atoms with Crippen LogP contribution >= 0.6 is 0 Å². The molecule has 0 saturated carbocycles. The van der Waals surface area contributed by atoms with Crippen molar-refractivity contribution in [3.05, 3.63) is 94.6 Å². The van der Waals surface area contributed by atoms with E-state index in [1.54, 1.807) is 36.7 Å². The van der Waals surface area contributed by atoms with E-state index in [0.29, 0.717) is 31.9 Å². The van der Waals surface area contributed by atoms with E-state index in [-0.39, 0.29) is 29.8 Å². The van der Waals surface area contributed by atoms with Crippen LogP contribution in [0.1, 0.15) is 11.6 Å². The molecule has 1 atom stereocenters. The Kier molecular flexibility index (Phi) is 7.81. The van der Waals surface area contributed by atoms with Gasteiger partial charge in [0.15, 0.2) is 0 Å². The number of hydrogen-bond donors (Lipinski definition) is 2. The van der Waals surface area contributed by atoms with Gasteiger partial charge < -0.3 is 15.5 Å². The molecule has 10 nitrogen and oxygen atoms in total. The third kappa shape index (κ3) is 5.99. The predicted molar refractivity (Wildman–Crippen MR) is 132 cm³/mol. The summed E-state index contributed by atoms with van der Waals surface area (Å²) in [7, 11) is 0. The van der Waals surface area contributed by atoms with Crippen molar-refractivity contribution in [2.45, 2.75) is 6.04 Å². The molecule has 2 heterocycles.